The Morgan fingerprint density at radius 2 is 2.11 bits per heavy atom. The van der Waals surface area contributed by atoms with Crippen molar-refractivity contribution in [3.05, 3.63) is 58.9 Å². The summed E-state index contributed by atoms with van der Waals surface area (Å²) in [5.41, 5.74) is 2.44. The van der Waals surface area contributed by atoms with Gasteiger partial charge < -0.3 is 15.1 Å². The molecule has 0 spiro atoms. The molecule has 2 saturated carbocycles. The minimum absolute atomic E-state index is 0.127. The van der Waals surface area contributed by atoms with Crippen LogP contribution in [0.1, 0.15) is 54.5 Å². The van der Waals surface area contributed by atoms with Crippen molar-refractivity contribution in [2.24, 2.45) is 11.3 Å². The smallest absolute Gasteiger partial charge is 0.378 e. The van der Waals surface area contributed by atoms with Crippen LogP contribution in [0.25, 0.3) is 0 Å². The standard InChI is InChI=1S/C27H33F3N4O/c1-33(2)23-7-3-5-18(11-23)15-31-22-13-20-6-4-9-26(20,14-22)25(35)34-10-8-24-19(17-34)12-21(16-32-24)27(28,29)30/h3,5,7,11-12,16,20,22,31H,4,6,8-10,13-15,17H2,1-2H3. The Bertz CT molecular complexity index is 1100. The Balaban J connectivity index is 1.28. The molecule has 1 aliphatic heterocycles. The number of amides is 1. The average molecular weight is 487 g/mol. The summed E-state index contributed by atoms with van der Waals surface area (Å²) in [6.07, 6.45) is 1.71. The van der Waals surface area contributed by atoms with Crippen molar-refractivity contribution in [2.75, 3.05) is 25.5 Å². The highest BCUT2D eigenvalue weighted by Gasteiger charge is 2.56. The van der Waals surface area contributed by atoms with Gasteiger partial charge in [0.15, 0.2) is 0 Å². The second kappa shape index (κ2) is 9.12. The van der Waals surface area contributed by atoms with Crippen molar-refractivity contribution in [3.63, 3.8) is 0 Å². The largest absolute Gasteiger partial charge is 0.417 e. The lowest BCUT2D eigenvalue weighted by Gasteiger charge is -2.37. The highest BCUT2D eigenvalue weighted by Crippen LogP contribution is 2.55. The fourth-order valence-electron chi connectivity index (χ4n) is 6.42. The number of carbonyl (C=O) groups is 1. The van der Waals surface area contributed by atoms with E-state index in [0.29, 0.717) is 30.1 Å². The molecule has 3 unspecified atom stereocenters. The third-order valence-corrected chi connectivity index (χ3v) is 8.24. The quantitative estimate of drug-likeness (QED) is 0.660. The number of anilines is 1. The molecule has 2 heterocycles. The maximum absolute atomic E-state index is 13.9. The second-order valence-corrected chi connectivity index (χ2v) is 10.6. The van der Waals surface area contributed by atoms with Gasteiger partial charge in [-0.05, 0) is 60.9 Å². The Morgan fingerprint density at radius 3 is 2.89 bits per heavy atom. The van der Waals surface area contributed by atoms with Crippen molar-refractivity contribution in [3.8, 4) is 0 Å². The van der Waals surface area contributed by atoms with Crippen LogP contribution in [0.4, 0.5) is 18.9 Å². The molecule has 188 valence electrons. The third kappa shape index (κ3) is 4.65. The molecule has 0 radical (unpaired) electrons. The molecule has 3 atom stereocenters. The number of halogens is 3. The zero-order valence-electron chi connectivity index (χ0n) is 20.4. The van der Waals surface area contributed by atoms with Crippen LogP contribution < -0.4 is 10.2 Å². The number of aromatic nitrogens is 1. The van der Waals surface area contributed by atoms with E-state index in [1.54, 1.807) is 4.90 Å². The molecule has 2 aliphatic carbocycles. The molecule has 8 heteroatoms. The Kier molecular flexibility index (Phi) is 6.28. The summed E-state index contributed by atoms with van der Waals surface area (Å²) < 4.78 is 39.6. The normalized spacial score (nSPS) is 25.9. The van der Waals surface area contributed by atoms with E-state index in [1.807, 2.05) is 14.1 Å². The molecular formula is C27H33F3N4O. The fraction of sp³-hybridized carbons (Fsp3) is 0.556. The van der Waals surface area contributed by atoms with Crippen LogP contribution in [-0.2, 0) is 30.5 Å². The van der Waals surface area contributed by atoms with Crippen LogP contribution in [0.2, 0.25) is 0 Å². The number of hydrogen-bond donors (Lipinski definition) is 1. The summed E-state index contributed by atoms with van der Waals surface area (Å²) in [7, 11) is 4.05. The van der Waals surface area contributed by atoms with Crippen molar-refractivity contribution in [1.29, 1.82) is 0 Å². The number of nitrogens with one attached hydrogen (secondary N) is 1. The molecule has 5 nitrogen and oxygen atoms in total. The predicted molar refractivity (Wildman–Crippen MR) is 129 cm³/mol. The van der Waals surface area contributed by atoms with Gasteiger partial charge in [0.2, 0.25) is 5.91 Å². The maximum atomic E-state index is 13.9. The predicted octanol–water partition coefficient (Wildman–Crippen LogP) is 4.79. The zero-order valence-corrected chi connectivity index (χ0v) is 20.4. The van der Waals surface area contributed by atoms with Crippen LogP contribution in [0.15, 0.2) is 36.5 Å². The number of alkyl halides is 3. The van der Waals surface area contributed by atoms with E-state index in [1.165, 1.54) is 11.6 Å². The molecule has 1 aromatic carbocycles. The zero-order chi connectivity index (χ0) is 24.8. The van der Waals surface area contributed by atoms with Crippen LogP contribution >= 0.6 is 0 Å². The highest BCUT2D eigenvalue weighted by molar-refractivity contribution is 5.84. The minimum Gasteiger partial charge on any atom is -0.378 e. The van der Waals surface area contributed by atoms with Crippen LogP contribution in [0, 0.1) is 11.3 Å². The van der Waals surface area contributed by atoms with Crippen LogP contribution in [-0.4, -0.2) is 42.5 Å². The Morgan fingerprint density at radius 1 is 1.29 bits per heavy atom. The van der Waals surface area contributed by atoms with Gasteiger partial charge in [-0.1, -0.05) is 18.6 Å². The molecule has 1 amide bonds. The third-order valence-electron chi connectivity index (χ3n) is 8.24. The number of carbonyl (C=O) groups excluding carboxylic acids is 1. The van der Waals surface area contributed by atoms with E-state index < -0.39 is 17.2 Å². The van der Waals surface area contributed by atoms with E-state index in [-0.39, 0.29) is 18.5 Å². The van der Waals surface area contributed by atoms with E-state index in [4.69, 9.17) is 0 Å². The van der Waals surface area contributed by atoms with E-state index in [2.05, 4.69) is 39.5 Å². The maximum Gasteiger partial charge on any atom is 0.417 e. The summed E-state index contributed by atoms with van der Waals surface area (Å²) in [4.78, 5) is 21.8. The lowest BCUT2D eigenvalue weighted by atomic mass is 9.78. The van der Waals surface area contributed by atoms with E-state index >= 15 is 0 Å². The topological polar surface area (TPSA) is 48.5 Å². The van der Waals surface area contributed by atoms with Crippen molar-refractivity contribution < 1.29 is 18.0 Å². The van der Waals surface area contributed by atoms with Gasteiger partial charge in [-0.25, -0.2) is 0 Å². The molecule has 0 bridgehead atoms. The Hall–Kier alpha value is -2.61. The van der Waals surface area contributed by atoms with Crippen LogP contribution in [0.3, 0.4) is 0 Å². The summed E-state index contributed by atoms with van der Waals surface area (Å²) in [6, 6.07) is 9.88. The molecule has 5 rings (SSSR count). The SMILES string of the molecule is CN(C)c1cccc(CNC2CC3CCCC3(C(=O)N3CCc4ncc(C(F)(F)F)cc4C3)C2)c1. The number of rotatable bonds is 5. The summed E-state index contributed by atoms with van der Waals surface area (Å²) >= 11 is 0. The Labute approximate surface area is 204 Å². The molecule has 2 fully saturated rings. The molecule has 1 aromatic heterocycles. The summed E-state index contributed by atoms with van der Waals surface area (Å²) in [5.74, 6) is 0.462. The number of pyridine rings is 1. The molecule has 1 N–H and O–H groups in total. The summed E-state index contributed by atoms with van der Waals surface area (Å²) in [6.45, 7) is 1.50. The number of fused-ring (bicyclic) bond motifs is 2. The van der Waals surface area contributed by atoms with Gasteiger partial charge >= 0.3 is 6.18 Å². The van der Waals surface area contributed by atoms with Gasteiger partial charge in [0.1, 0.15) is 0 Å². The van der Waals surface area contributed by atoms with Crippen molar-refractivity contribution in [2.45, 2.75) is 63.8 Å². The van der Waals surface area contributed by atoms with Gasteiger partial charge in [-0.2, -0.15) is 13.2 Å². The van der Waals surface area contributed by atoms with Gasteiger partial charge in [0.25, 0.3) is 0 Å². The first-order valence-electron chi connectivity index (χ1n) is 12.5. The van der Waals surface area contributed by atoms with Gasteiger partial charge in [-0.3, -0.25) is 9.78 Å². The van der Waals surface area contributed by atoms with Crippen LogP contribution in [0.5, 0.6) is 0 Å². The fourth-order valence-corrected chi connectivity index (χ4v) is 6.42. The summed E-state index contributed by atoms with van der Waals surface area (Å²) in [5, 5.41) is 3.69. The molecular weight excluding hydrogens is 453 g/mol. The van der Waals surface area contributed by atoms with Gasteiger partial charge in [0.05, 0.1) is 11.0 Å². The molecule has 35 heavy (non-hydrogen) atoms. The lowest BCUT2D eigenvalue weighted by molar-refractivity contribution is -0.144. The van der Waals surface area contributed by atoms with E-state index in [9.17, 15) is 18.0 Å². The second-order valence-electron chi connectivity index (χ2n) is 10.6. The highest BCUT2D eigenvalue weighted by atomic mass is 19.4. The van der Waals surface area contributed by atoms with Gasteiger partial charge in [-0.15, -0.1) is 0 Å². The molecule has 0 saturated heterocycles. The first-order chi connectivity index (χ1) is 16.7. The van der Waals surface area contributed by atoms with E-state index in [0.717, 1.165) is 50.5 Å². The van der Waals surface area contributed by atoms with Gasteiger partial charge in [0, 0.05) is 63.8 Å². The number of benzene rings is 1. The average Bonchev–Trinajstić information content (AvgIpc) is 3.39. The minimum atomic E-state index is -4.43. The first-order valence-corrected chi connectivity index (χ1v) is 12.5. The lowest BCUT2D eigenvalue weighted by Crippen LogP contribution is -2.46. The molecule has 3 aliphatic rings. The monoisotopic (exact) mass is 486 g/mol. The van der Waals surface area contributed by atoms with Crippen molar-refractivity contribution >= 4 is 11.6 Å². The number of hydrogen-bond acceptors (Lipinski definition) is 4. The number of nitrogens with zero attached hydrogens (tertiary/aromatic N) is 3. The molecule has 2 aromatic rings. The van der Waals surface area contributed by atoms with Crippen molar-refractivity contribution in [1.82, 2.24) is 15.2 Å². The first kappa shape index (κ1) is 24.1.